The van der Waals surface area contributed by atoms with Crippen LogP contribution in [0.1, 0.15) is 47.2 Å². The van der Waals surface area contributed by atoms with Gasteiger partial charge in [0, 0.05) is 13.1 Å². The Hall–Kier alpha value is -3.55. The van der Waals surface area contributed by atoms with Crippen LogP contribution in [0.2, 0.25) is 0 Å². The fraction of sp³-hybridized carbons (Fsp3) is 0.304. The number of hydrogen-bond acceptors (Lipinski definition) is 4. The Bertz CT molecular complexity index is 1200. The zero-order valence-electron chi connectivity index (χ0n) is 17.0. The van der Waals surface area contributed by atoms with Crippen LogP contribution >= 0.6 is 0 Å². The van der Waals surface area contributed by atoms with Crippen molar-refractivity contribution in [3.8, 4) is 0 Å². The fourth-order valence-corrected chi connectivity index (χ4v) is 4.20. The van der Waals surface area contributed by atoms with E-state index in [0.29, 0.717) is 35.6 Å². The Balaban J connectivity index is 1.26. The van der Waals surface area contributed by atoms with E-state index < -0.39 is 0 Å². The van der Waals surface area contributed by atoms with Crippen LogP contribution in [0.4, 0.5) is 4.39 Å². The van der Waals surface area contributed by atoms with Crippen molar-refractivity contribution in [1.29, 1.82) is 0 Å². The number of fused-ring (bicyclic) bond motifs is 1. The second kappa shape index (κ2) is 8.29. The number of halogens is 1. The van der Waals surface area contributed by atoms with E-state index >= 15 is 0 Å². The summed E-state index contributed by atoms with van der Waals surface area (Å²) in [5.74, 6) is 0.219. The van der Waals surface area contributed by atoms with Gasteiger partial charge in [0.05, 0.1) is 23.3 Å². The minimum Gasteiger partial charge on any atom is -0.340 e. The Morgan fingerprint density at radius 2 is 2.06 bits per heavy atom. The molecule has 1 aliphatic heterocycles. The average Bonchev–Trinajstić information content (AvgIpc) is 3.52. The molecule has 0 radical (unpaired) electrons. The van der Waals surface area contributed by atoms with Gasteiger partial charge in [0.1, 0.15) is 11.6 Å². The quantitative estimate of drug-likeness (QED) is 0.515. The van der Waals surface area contributed by atoms with Crippen molar-refractivity contribution in [2.75, 3.05) is 6.54 Å². The van der Waals surface area contributed by atoms with Gasteiger partial charge in [-0.15, -0.1) is 5.10 Å². The van der Waals surface area contributed by atoms with Gasteiger partial charge < -0.3 is 9.88 Å². The first-order valence-corrected chi connectivity index (χ1v) is 10.6. The van der Waals surface area contributed by atoms with E-state index in [1.165, 1.54) is 17.7 Å². The van der Waals surface area contributed by atoms with Crippen molar-refractivity contribution in [2.24, 2.45) is 0 Å². The first-order chi connectivity index (χ1) is 15.2. The molecule has 1 amide bonds. The van der Waals surface area contributed by atoms with E-state index in [0.717, 1.165) is 25.7 Å². The highest BCUT2D eigenvalue weighted by molar-refractivity contribution is 5.92. The number of aromatic nitrogens is 5. The van der Waals surface area contributed by atoms with Gasteiger partial charge in [0.2, 0.25) is 0 Å². The molecule has 7 nitrogen and oxygen atoms in total. The van der Waals surface area contributed by atoms with Crippen LogP contribution in [0.3, 0.4) is 0 Å². The summed E-state index contributed by atoms with van der Waals surface area (Å²) in [7, 11) is 0. The first-order valence-electron chi connectivity index (χ1n) is 10.6. The number of benzene rings is 2. The van der Waals surface area contributed by atoms with E-state index in [1.807, 2.05) is 18.2 Å². The number of aryl methyl sites for hydroxylation is 2. The molecule has 5 rings (SSSR count). The molecule has 1 N–H and O–H groups in total. The van der Waals surface area contributed by atoms with Crippen LogP contribution in [0, 0.1) is 5.82 Å². The van der Waals surface area contributed by atoms with Gasteiger partial charge in [0.15, 0.2) is 5.69 Å². The van der Waals surface area contributed by atoms with Crippen molar-refractivity contribution < 1.29 is 9.18 Å². The molecule has 158 valence electrons. The third kappa shape index (κ3) is 4.05. The van der Waals surface area contributed by atoms with E-state index in [4.69, 9.17) is 0 Å². The number of nitrogens with one attached hydrogen (secondary N) is 1. The third-order valence-corrected chi connectivity index (χ3v) is 5.74. The molecule has 0 spiro atoms. The summed E-state index contributed by atoms with van der Waals surface area (Å²) < 4.78 is 15.2. The molecule has 2 aromatic carbocycles. The molecule has 0 bridgehead atoms. The van der Waals surface area contributed by atoms with Crippen molar-refractivity contribution in [3.05, 3.63) is 77.6 Å². The number of carbonyl (C=O) groups excluding carboxylic acids is 1. The summed E-state index contributed by atoms with van der Waals surface area (Å²) in [4.78, 5) is 22.7. The van der Waals surface area contributed by atoms with Crippen molar-refractivity contribution in [1.82, 2.24) is 29.9 Å². The SMILES string of the molecule is O=C(c1cn(CCCc2ccccc2)nn1)N1CCC[C@H]1c1nc2ccc(F)cc2[nH]1. The Kier molecular flexibility index (Phi) is 5.19. The number of amides is 1. The van der Waals surface area contributed by atoms with E-state index in [2.05, 4.69) is 32.4 Å². The molecule has 1 fully saturated rings. The second-order valence-corrected chi connectivity index (χ2v) is 7.90. The molecule has 0 unspecified atom stereocenters. The van der Waals surface area contributed by atoms with Gasteiger partial charge in [0.25, 0.3) is 5.91 Å². The maximum atomic E-state index is 13.5. The van der Waals surface area contributed by atoms with Gasteiger partial charge in [-0.2, -0.15) is 0 Å². The number of likely N-dealkylation sites (tertiary alicyclic amines) is 1. The molecule has 1 atom stereocenters. The van der Waals surface area contributed by atoms with Crippen LogP contribution in [0.25, 0.3) is 11.0 Å². The highest BCUT2D eigenvalue weighted by atomic mass is 19.1. The van der Waals surface area contributed by atoms with Crippen LogP contribution in [0.5, 0.6) is 0 Å². The summed E-state index contributed by atoms with van der Waals surface area (Å²) >= 11 is 0. The molecule has 0 saturated carbocycles. The van der Waals surface area contributed by atoms with Gasteiger partial charge >= 0.3 is 0 Å². The van der Waals surface area contributed by atoms with Gasteiger partial charge in [-0.1, -0.05) is 35.5 Å². The lowest BCUT2D eigenvalue weighted by Gasteiger charge is -2.21. The van der Waals surface area contributed by atoms with Crippen LogP contribution < -0.4 is 0 Å². The highest BCUT2D eigenvalue weighted by Gasteiger charge is 2.34. The van der Waals surface area contributed by atoms with Crippen molar-refractivity contribution in [3.63, 3.8) is 0 Å². The lowest BCUT2D eigenvalue weighted by Crippen LogP contribution is -2.31. The maximum Gasteiger partial charge on any atom is 0.276 e. The lowest BCUT2D eigenvalue weighted by atomic mass is 10.1. The predicted molar refractivity (Wildman–Crippen MR) is 114 cm³/mol. The molecule has 1 saturated heterocycles. The van der Waals surface area contributed by atoms with Crippen molar-refractivity contribution in [2.45, 2.75) is 38.3 Å². The number of aromatic amines is 1. The minimum absolute atomic E-state index is 0.150. The Morgan fingerprint density at radius 3 is 2.94 bits per heavy atom. The van der Waals surface area contributed by atoms with E-state index in [1.54, 1.807) is 21.8 Å². The molecule has 2 aromatic heterocycles. The Labute approximate surface area is 178 Å². The summed E-state index contributed by atoms with van der Waals surface area (Å²) in [5, 5.41) is 8.25. The number of H-pyrrole nitrogens is 1. The van der Waals surface area contributed by atoms with E-state index in [-0.39, 0.29) is 17.8 Å². The maximum absolute atomic E-state index is 13.5. The highest BCUT2D eigenvalue weighted by Crippen LogP contribution is 2.32. The van der Waals surface area contributed by atoms with Gasteiger partial charge in [-0.05, 0) is 49.4 Å². The number of rotatable bonds is 6. The minimum atomic E-state index is -0.314. The normalized spacial score (nSPS) is 16.3. The number of hydrogen-bond donors (Lipinski definition) is 1. The average molecular weight is 418 g/mol. The topological polar surface area (TPSA) is 79.7 Å². The van der Waals surface area contributed by atoms with Crippen LogP contribution in [0.15, 0.2) is 54.7 Å². The van der Waals surface area contributed by atoms with Crippen LogP contribution in [-0.2, 0) is 13.0 Å². The number of imidazole rings is 1. The van der Waals surface area contributed by atoms with E-state index in [9.17, 15) is 9.18 Å². The first kappa shape index (κ1) is 19.4. The molecule has 3 heterocycles. The van der Waals surface area contributed by atoms with Gasteiger partial charge in [-0.25, -0.2) is 9.37 Å². The monoisotopic (exact) mass is 418 g/mol. The predicted octanol–water partition coefficient (Wildman–Crippen LogP) is 3.90. The van der Waals surface area contributed by atoms with Gasteiger partial charge in [-0.3, -0.25) is 9.48 Å². The zero-order valence-corrected chi connectivity index (χ0v) is 17.0. The fourth-order valence-electron chi connectivity index (χ4n) is 4.20. The molecule has 31 heavy (non-hydrogen) atoms. The summed E-state index contributed by atoms with van der Waals surface area (Å²) in [6.07, 6.45) is 5.27. The Morgan fingerprint density at radius 1 is 1.19 bits per heavy atom. The number of carbonyl (C=O) groups is 1. The zero-order chi connectivity index (χ0) is 21.2. The standard InChI is InChI=1S/C23H23FN6O/c24-17-10-11-18-19(14-17)26-22(25-18)21-9-5-13-30(21)23(31)20-15-29(28-27-20)12-4-8-16-6-2-1-3-7-16/h1-3,6-7,10-11,14-15,21H,4-5,8-9,12-13H2,(H,25,26)/t21-/m0/s1. The van der Waals surface area contributed by atoms with Crippen molar-refractivity contribution >= 4 is 16.9 Å². The molecular formula is C23H23FN6O. The second-order valence-electron chi connectivity index (χ2n) is 7.90. The molecule has 1 aliphatic rings. The largest absolute Gasteiger partial charge is 0.340 e. The smallest absolute Gasteiger partial charge is 0.276 e. The summed E-state index contributed by atoms with van der Waals surface area (Å²) in [6, 6.07) is 14.6. The molecule has 4 aromatic rings. The third-order valence-electron chi connectivity index (χ3n) is 5.74. The summed E-state index contributed by atoms with van der Waals surface area (Å²) in [6.45, 7) is 1.34. The molecular weight excluding hydrogens is 395 g/mol. The molecule has 8 heteroatoms. The number of nitrogens with zero attached hydrogens (tertiary/aromatic N) is 5. The van der Waals surface area contributed by atoms with Crippen LogP contribution in [-0.4, -0.2) is 42.3 Å². The lowest BCUT2D eigenvalue weighted by molar-refractivity contribution is 0.0724. The summed E-state index contributed by atoms with van der Waals surface area (Å²) in [5.41, 5.74) is 2.96. The molecule has 0 aliphatic carbocycles.